The predicted molar refractivity (Wildman–Crippen MR) is 67.7 cm³/mol. The first-order valence-corrected chi connectivity index (χ1v) is 6.05. The van der Waals surface area contributed by atoms with Crippen LogP contribution in [-0.2, 0) is 0 Å². The summed E-state index contributed by atoms with van der Waals surface area (Å²) in [6.45, 7) is 3.80. The van der Waals surface area contributed by atoms with Gasteiger partial charge in [0.2, 0.25) is 0 Å². The Labute approximate surface area is 103 Å². The molecule has 1 heterocycles. The molecule has 90 valence electrons. The number of halogens is 1. The van der Waals surface area contributed by atoms with Crippen LogP contribution in [0.3, 0.4) is 0 Å². The van der Waals surface area contributed by atoms with E-state index in [0.29, 0.717) is 10.9 Å². The molecule has 0 bridgehead atoms. The summed E-state index contributed by atoms with van der Waals surface area (Å²) in [6.07, 6.45) is 1.64. The normalized spacial score (nSPS) is 10.8. The second-order valence-corrected chi connectivity index (χ2v) is 4.97. The van der Waals surface area contributed by atoms with Crippen LogP contribution in [0.4, 0.5) is 9.52 Å². The minimum absolute atomic E-state index is 0.0104. The van der Waals surface area contributed by atoms with E-state index < -0.39 is 0 Å². The van der Waals surface area contributed by atoms with E-state index in [4.69, 9.17) is 10.5 Å². The molecule has 1 aromatic heterocycles. The van der Waals surface area contributed by atoms with Gasteiger partial charge in [-0.2, -0.15) is 0 Å². The number of rotatable bonds is 3. The van der Waals surface area contributed by atoms with Crippen molar-refractivity contribution in [1.29, 1.82) is 0 Å². The van der Waals surface area contributed by atoms with Gasteiger partial charge in [0, 0.05) is 12.3 Å². The summed E-state index contributed by atoms with van der Waals surface area (Å²) in [5, 5.41) is 0.468. The van der Waals surface area contributed by atoms with Crippen LogP contribution in [0.15, 0.2) is 24.4 Å². The smallest absolute Gasteiger partial charge is 0.180 e. The zero-order chi connectivity index (χ0) is 12.4. The van der Waals surface area contributed by atoms with Gasteiger partial charge in [-0.15, -0.1) is 0 Å². The fourth-order valence-electron chi connectivity index (χ4n) is 1.47. The summed E-state index contributed by atoms with van der Waals surface area (Å²) in [5.74, 6) is 0.187. The van der Waals surface area contributed by atoms with E-state index in [1.807, 2.05) is 13.8 Å². The number of nitrogens with two attached hydrogens (primary N) is 1. The number of ether oxygens (including phenoxy) is 1. The fraction of sp³-hybridized carbons (Fsp3) is 0.250. The minimum atomic E-state index is -0.329. The molecule has 17 heavy (non-hydrogen) atoms. The van der Waals surface area contributed by atoms with Crippen LogP contribution < -0.4 is 10.5 Å². The van der Waals surface area contributed by atoms with E-state index in [1.54, 1.807) is 12.3 Å². The maximum absolute atomic E-state index is 13.4. The van der Waals surface area contributed by atoms with Crippen molar-refractivity contribution in [3.63, 3.8) is 0 Å². The van der Waals surface area contributed by atoms with Gasteiger partial charge in [0.15, 0.2) is 5.13 Å². The maximum Gasteiger partial charge on any atom is 0.180 e. The molecule has 0 aliphatic carbocycles. The van der Waals surface area contributed by atoms with Crippen LogP contribution in [-0.4, -0.2) is 11.1 Å². The van der Waals surface area contributed by atoms with E-state index in [9.17, 15) is 4.39 Å². The Morgan fingerprint density at radius 1 is 1.35 bits per heavy atom. The second kappa shape index (κ2) is 4.71. The van der Waals surface area contributed by atoms with Gasteiger partial charge >= 0.3 is 0 Å². The number of hydrogen-bond acceptors (Lipinski definition) is 4. The van der Waals surface area contributed by atoms with Gasteiger partial charge in [0.25, 0.3) is 0 Å². The van der Waals surface area contributed by atoms with E-state index >= 15 is 0 Å². The van der Waals surface area contributed by atoms with Crippen molar-refractivity contribution >= 4 is 16.5 Å². The van der Waals surface area contributed by atoms with Crippen LogP contribution in [0.1, 0.15) is 13.8 Å². The summed E-state index contributed by atoms with van der Waals surface area (Å²) in [6, 6.07) is 4.60. The van der Waals surface area contributed by atoms with Crippen LogP contribution in [0.5, 0.6) is 5.75 Å². The maximum atomic E-state index is 13.4. The number of nitrogen functional groups attached to an aromatic ring is 1. The molecule has 2 rings (SSSR count). The van der Waals surface area contributed by atoms with Gasteiger partial charge in [-0.25, -0.2) is 9.37 Å². The predicted octanol–water partition coefficient (Wildman–Crippen LogP) is 3.32. The molecule has 0 aliphatic heterocycles. The average molecular weight is 252 g/mol. The largest absolute Gasteiger partial charge is 0.491 e. The lowest BCUT2D eigenvalue weighted by Crippen LogP contribution is -2.05. The molecule has 3 nitrogen and oxygen atoms in total. The van der Waals surface area contributed by atoms with Crippen molar-refractivity contribution in [1.82, 2.24) is 4.98 Å². The van der Waals surface area contributed by atoms with Crippen molar-refractivity contribution in [2.45, 2.75) is 20.0 Å². The molecular formula is C12H13FN2OS. The molecular weight excluding hydrogens is 239 g/mol. The molecule has 2 aromatic rings. The fourth-order valence-corrected chi connectivity index (χ4v) is 2.14. The van der Waals surface area contributed by atoms with Gasteiger partial charge in [0.1, 0.15) is 11.6 Å². The number of anilines is 1. The van der Waals surface area contributed by atoms with Gasteiger partial charge in [-0.05, 0) is 31.5 Å². The number of hydrogen-bond donors (Lipinski definition) is 1. The monoisotopic (exact) mass is 252 g/mol. The van der Waals surface area contributed by atoms with Crippen LogP contribution in [0.25, 0.3) is 10.4 Å². The lowest BCUT2D eigenvalue weighted by atomic mass is 10.2. The Morgan fingerprint density at radius 2 is 2.12 bits per heavy atom. The molecule has 1 aromatic carbocycles. The minimum Gasteiger partial charge on any atom is -0.491 e. The highest BCUT2D eigenvalue weighted by Gasteiger charge is 2.08. The molecule has 0 saturated carbocycles. The van der Waals surface area contributed by atoms with Crippen LogP contribution in [0, 0.1) is 5.82 Å². The average Bonchev–Trinajstić information content (AvgIpc) is 2.62. The SMILES string of the molecule is CC(C)Oc1cc(F)cc(-c2cnc(N)s2)c1. The first kappa shape index (κ1) is 11.9. The third-order valence-corrected chi connectivity index (χ3v) is 2.93. The first-order valence-electron chi connectivity index (χ1n) is 5.23. The molecule has 5 heteroatoms. The highest BCUT2D eigenvalue weighted by atomic mass is 32.1. The number of nitrogens with zero attached hydrogens (tertiary/aromatic N) is 1. The third-order valence-electron chi connectivity index (χ3n) is 2.05. The van der Waals surface area contributed by atoms with Gasteiger partial charge in [0.05, 0.1) is 11.0 Å². The molecule has 0 saturated heterocycles. The van der Waals surface area contributed by atoms with Crippen LogP contribution in [0.2, 0.25) is 0 Å². The third kappa shape index (κ3) is 2.94. The quantitative estimate of drug-likeness (QED) is 0.911. The summed E-state index contributed by atoms with van der Waals surface area (Å²) < 4.78 is 18.9. The topological polar surface area (TPSA) is 48.1 Å². The van der Waals surface area contributed by atoms with E-state index in [2.05, 4.69) is 4.98 Å². The summed E-state index contributed by atoms with van der Waals surface area (Å²) >= 11 is 1.32. The zero-order valence-electron chi connectivity index (χ0n) is 9.61. The summed E-state index contributed by atoms with van der Waals surface area (Å²) in [4.78, 5) is 4.78. The number of benzene rings is 1. The molecule has 0 unspecified atom stereocenters. The van der Waals surface area contributed by atoms with Gasteiger partial charge < -0.3 is 10.5 Å². The molecule has 0 atom stereocenters. The Hall–Kier alpha value is -1.62. The Morgan fingerprint density at radius 3 is 2.71 bits per heavy atom. The zero-order valence-corrected chi connectivity index (χ0v) is 10.4. The Kier molecular flexibility index (Phi) is 3.28. The lowest BCUT2D eigenvalue weighted by Gasteiger charge is -2.10. The molecule has 0 fully saturated rings. The molecule has 0 aliphatic rings. The molecule has 0 amide bonds. The van der Waals surface area contributed by atoms with Gasteiger partial charge in [-0.1, -0.05) is 11.3 Å². The van der Waals surface area contributed by atoms with Gasteiger partial charge in [-0.3, -0.25) is 0 Å². The van der Waals surface area contributed by atoms with Crippen molar-refractivity contribution in [2.75, 3.05) is 5.73 Å². The summed E-state index contributed by atoms with van der Waals surface area (Å²) in [5.41, 5.74) is 6.29. The van der Waals surface area contributed by atoms with Crippen molar-refractivity contribution in [3.05, 3.63) is 30.2 Å². The van der Waals surface area contributed by atoms with E-state index in [1.165, 1.54) is 23.5 Å². The Balaban J connectivity index is 2.37. The highest BCUT2D eigenvalue weighted by molar-refractivity contribution is 7.18. The molecule has 0 radical (unpaired) electrons. The standard InChI is InChI=1S/C12H13FN2OS/c1-7(2)16-10-4-8(3-9(13)5-10)11-6-15-12(14)17-11/h3-7H,1-2H3,(H2,14,15). The van der Waals surface area contributed by atoms with Crippen LogP contribution >= 0.6 is 11.3 Å². The molecule has 2 N–H and O–H groups in total. The van der Waals surface area contributed by atoms with Crippen molar-refractivity contribution in [2.24, 2.45) is 0 Å². The lowest BCUT2D eigenvalue weighted by molar-refractivity contribution is 0.241. The van der Waals surface area contributed by atoms with E-state index in [-0.39, 0.29) is 11.9 Å². The first-order chi connectivity index (χ1) is 8.04. The van der Waals surface area contributed by atoms with Crippen molar-refractivity contribution < 1.29 is 9.13 Å². The van der Waals surface area contributed by atoms with E-state index in [0.717, 1.165) is 10.4 Å². The molecule has 0 spiro atoms. The van der Waals surface area contributed by atoms with Crippen molar-refractivity contribution in [3.8, 4) is 16.2 Å². The second-order valence-electron chi connectivity index (χ2n) is 3.90. The number of aromatic nitrogens is 1. The highest BCUT2D eigenvalue weighted by Crippen LogP contribution is 2.31. The summed E-state index contributed by atoms with van der Waals surface area (Å²) in [7, 11) is 0. The Bertz CT molecular complexity index is 525. The number of thiazole rings is 1.